The number of rotatable bonds is 1. The van der Waals surface area contributed by atoms with Gasteiger partial charge >= 0.3 is 0 Å². The van der Waals surface area contributed by atoms with Crippen molar-refractivity contribution < 1.29 is 13.5 Å². The molecule has 1 aromatic carbocycles. The van der Waals surface area contributed by atoms with E-state index in [2.05, 4.69) is 41.3 Å². The molecule has 0 spiro atoms. The maximum absolute atomic E-state index is 12.6. The summed E-state index contributed by atoms with van der Waals surface area (Å²) in [4.78, 5) is 8.73. The zero-order valence-electron chi connectivity index (χ0n) is 14.3. The number of benzene rings is 1. The van der Waals surface area contributed by atoms with Gasteiger partial charge in [0.25, 0.3) is 0 Å². The summed E-state index contributed by atoms with van der Waals surface area (Å²) in [7, 11) is -3.72. The fourth-order valence-corrected chi connectivity index (χ4v) is 3.96. The number of halogens is 1. The molecule has 0 saturated carbocycles. The number of aromatic nitrogens is 2. The van der Waals surface area contributed by atoms with Crippen LogP contribution in [0.2, 0.25) is 0 Å². The predicted octanol–water partition coefficient (Wildman–Crippen LogP) is 2.07. The van der Waals surface area contributed by atoms with E-state index in [4.69, 9.17) is 0 Å². The molecule has 1 aliphatic heterocycles. The van der Waals surface area contributed by atoms with Crippen LogP contribution in [0.5, 0.6) is 0 Å². The number of hydrogen-bond acceptors (Lipinski definition) is 7. The fraction of sp³-hybridized carbons (Fsp3) is 0.375. The van der Waals surface area contributed by atoms with Gasteiger partial charge in [-0.2, -0.15) is 4.98 Å². The number of sulfonamides is 1. The highest BCUT2D eigenvalue weighted by Crippen LogP contribution is 2.25. The van der Waals surface area contributed by atoms with Crippen LogP contribution in [0.1, 0.15) is 13.8 Å². The Labute approximate surface area is 160 Å². The molecule has 0 aliphatic carbocycles. The second kappa shape index (κ2) is 7.10. The van der Waals surface area contributed by atoms with Crippen molar-refractivity contribution in [2.45, 2.75) is 24.3 Å². The first kappa shape index (κ1) is 19.0. The van der Waals surface area contributed by atoms with Crippen LogP contribution in [0, 0.1) is 5.92 Å². The van der Waals surface area contributed by atoms with Gasteiger partial charge in [0.2, 0.25) is 16.0 Å². The lowest BCUT2D eigenvalue weighted by Crippen LogP contribution is -2.44. The molecular weight excluding hydrogens is 422 g/mol. The standard InChI is InChI=1S/C16H20BrN5O3S/c1-16(2,23)10-7-18-14-13(17)9-19-15(22-14)21-11-4-3-5-12(6-11)26(24,25)20-8-10/h3-6,9-10,20,23H,7-8H2,1-2H3,(H2,18,19,21,22). The minimum absolute atomic E-state index is 0.0754. The van der Waals surface area contributed by atoms with Crippen LogP contribution in [0.15, 0.2) is 39.8 Å². The van der Waals surface area contributed by atoms with Crippen molar-refractivity contribution in [2.75, 3.05) is 23.7 Å². The van der Waals surface area contributed by atoms with Gasteiger partial charge in [0.1, 0.15) is 5.82 Å². The van der Waals surface area contributed by atoms with Crippen LogP contribution < -0.4 is 15.4 Å². The Morgan fingerprint density at radius 1 is 1.31 bits per heavy atom. The first-order chi connectivity index (χ1) is 12.1. The second-order valence-electron chi connectivity index (χ2n) is 6.63. The van der Waals surface area contributed by atoms with E-state index in [9.17, 15) is 13.5 Å². The minimum atomic E-state index is -3.72. The molecule has 2 heterocycles. The Balaban J connectivity index is 2.06. The summed E-state index contributed by atoms with van der Waals surface area (Å²) in [6.45, 7) is 3.69. The number of nitrogens with one attached hydrogen (secondary N) is 3. The molecule has 0 saturated heterocycles. The number of anilines is 3. The summed E-state index contributed by atoms with van der Waals surface area (Å²) in [5, 5.41) is 16.6. The van der Waals surface area contributed by atoms with Crippen LogP contribution in [0.25, 0.3) is 0 Å². The van der Waals surface area contributed by atoms with E-state index in [1.165, 1.54) is 12.1 Å². The topological polar surface area (TPSA) is 116 Å². The van der Waals surface area contributed by atoms with Crippen LogP contribution in [-0.2, 0) is 10.0 Å². The number of fused-ring (bicyclic) bond motifs is 4. The Kier molecular flexibility index (Phi) is 5.20. The highest BCUT2D eigenvalue weighted by molar-refractivity contribution is 9.10. The zero-order chi connectivity index (χ0) is 18.9. The van der Waals surface area contributed by atoms with Crippen LogP contribution >= 0.6 is 15.9 Å². The minimum Gasteiger partial charge on any atom is -0.390 e. The molecule has 1 aliphatic rings. The van der Waals surface area contributed by atoms with Gasteiger partial charge in [0.05, 0.1) is 15.0 Å². The van der Waals surface area contributed by atoms with Crippen LogP contribution in [0.4, 0.5) is 17.5 Å². The Hall–Kier alpha value is -1.75. The molecule has 1 aromatic heterocycles. The average Bonchev–Trinajstić information content (AvgIpc) is 2.56. The molecule has 0 amide bonds. The molecule has 1 atom stereocenters. The summed E-state index contributed by atoms with van der Waals surface area (Å²) < 4.78 is 28.5. The summed E-state index contributed by atoms with van der Waals surface area (Å²) in [5.41, 5.74) is -0.544. The number of hydrogen-bond donors (Lipinski definition) is 4. The molecule has 0 radical (unpaired) electrons. The van der Waals surface area contributed by atoms with Gasteiger partial charge in [-0.1, -0.05) is 6.07 Å². The van der Waals surface area contributed by atoms with Gasteiger partial charge in [-0.15, -0.1) is 0 Å². The Bertz CT molecular complexity index is 914. The van der Waals surface area contributed by atoms with E-state index in [-0.39, 0.29) is 17.4 Å². The van der Waals surface area contributed by atoms with Gasteiger partial charge in [-0.25, -0.2) is 18.1 Å². The van der Waals surface area contributed by atoms with Crippen molar-refractivity contribution in [3.05, 3.63) is 34.9 Å². The van der Waals surface area contributed by atoms with Crippen molar-refractivity contribution in [1.82, 2.24) is 14.7 Å². The largest absolute Gasteiger partial charge is 0.390 e. The maximum atomic E-state index is 12.6. The van der Waals surface area contributed by atoms with Crippen LogP contribution in [-0.4, -0.2) is 42.2 Å². The molecule has 4 bridgehead atoms. The van der Waals surface area contributed by atoms with Crippen LogP contribution in [0.3, 0.4) is 0 Å². The molecule has 10 heteroatoms. The average molecular weight is 442 g/mol. The molecule has 140 valence electrons. The van der Waals surface area contributed by atoms with Crippen molar-refractivity contribution in [2.24, 2.45) is 5.92 Å². The van der Waals surface area contributed by atoms with E-state index in [1.807, 2.05) is 0 Å². The lowest BCUT2D eigenvalue weighted by molar-refractivity contribution is 0.0249. The number of aliphatic hydroxyl groups is 1. The van der Waals surface area contributed by atoms with Crippen molar-refractivity contribution >= 4 is 43.4 Å². The predicted molar refractivity (Wildman–Crippen MR) is 103 cm³/mol. The highest BCUT2D eigenvalue weighted by Gasteiger charge is 2.29. The first-order valence-corrected chi connectivity index (χ1v) is 10.3. The third kappa shape index (κ3) is 4.32. The summed E-state index contributed by atoms with van der Waals surface area (Å²) in [6, 6.07) is 6.40. The second-order valence-corrected chi connectivity index (χ2v) is 9.25. The Morgan fingerprint density at radius 2 is 2.08 bits per heavy atom. The molecule has 26 heavy (non-hydrogen) atoms. The first-order valence-electron chi connectivity index (χ1n) is 8.01. The molecule has 3 rings (SSSR count). The summed E-state index contributed by atoms with van der Waals surface area (Å²) >= 11 is 3.39. The van der Waals surface area contributed by atoms with Crippen molar-refractivity contribution in [3.8, 4) is 0 Å². The normalized spacial score (nSPS) is 19.9. The van der Waals surface area contributed by atoms with Gasteiger partial charge < -0.3 is 15.7 Å². The smallest absolute Gasteiger partial charge is 0.240 e. The lowest BCUT2D eigenvalue weighted by Gasteiger charge is -2.30. The molecule has 8 nitrogen and oxygen atoms in total. The number of nitrogens with zero attached hydrogens (tertiary/aromatic N) is 2. The lowest BCUT2D eigenvalue weighted by atomic mass is 9.91. The molecule has 0 fully saturated rings. The van der Waals surface area contributed by atoms with E-state index in [1.54, 1.807) is 32.2 Å². The highest BCUT2D eigenvalue weighted by atomic mass is 79.9. The van der Waals surface area contributed by atoms with Gasteiger partial charge in [-0.3, -0.25) is 0 Å². The summed E-state index contributed by atoms with van der Waals surface area (Å²) in [5.74, 6) is 0.492. The molecule has 1 unspecified atom stereocenters. The third-order valence-electron chi connectivity index (χ3n) is 4.18. The van der Waals surface area contributed by atoms with E-state index >= 15 is 0 Å². The third-order valence-corrected chi connectivity index (χ3v) is 6.18. The van der Waals surface area contributed by atoms with E-state index < -0.39 is 15.6 Å². The zero-order valence-corrected chi connectivity index (χ0v) is 16.7. The van der Waals surface area contributed by atoms with Crippen molar-refractivity contribution in [1.29, 1.82) is 0 Å². The van der Waals surface area contributed by atoms with Gasteiger partial charge in [0.15, 0.2) is 0 Å². The SMILES string of the molecule is CC(C)(O)C1CNc2nc(ncc2Br)Nc2cccc(c2)S(=O)(=O)NC1. The monoisotopic (exact) mass is 441 g/mol. The van der Waals surface area contributed by atoms with Gasteiger partial charge in [0, 0.05) is 30.9 Å². The van der Waals surface area contributed by atoms with E-state index in [0.717, 1.165) is 0 Å². The van der Waals surface area contributed by atoms with Crippen molar-refractivity contribution in [3.63, 3.8) is 0 Å². The maximum Gasteiger partial charge on any atom is 0.240 e. The summed E-state index contributed by atoms with van der Waals surface area (Å²) in [6.07, 6.45) is 1.61. The van der Waals surface area contributed by atoms with Gasteiger partial charge in [-0.05, 0) is 48.0 Å². The molecular formula is C16H20BrN5O3S. The fourth-order valence-electron chi connectivity index (χ4n) is 2.51. The molecule has 2 aromatic rings. The van der Waals surface area contributed by atoms with E-state index in [0.29, 0.717) is 28.5 Å². The quantitative estimate of drug-likeness (QED) is 0.534. The Morgan fingerprint density at radius 3 is 2.81 bits per heavy atom. The molecule has 4 N–H and O–H groups in total.